The zero-order chi connectivity index (χ0) is 17.7. The maximum absolute atomic E-state index is 12.3. The largest absolute Gasteiger partial charge is 0.490 e. The number of aliphatic hydroxyl groups excluding tert-OH is 1. The number of para-hydroxylation sites is 1. The Kier molecular flexibility index (Phi) is 5.98. The Labute approximate surface area is 142 Å². The summed E-state index contributed by atoms with van der Waals surface area (Å²) in [5.74, 6) is 0.305. The molecule has 1 unspecified atom stereocenters. The van der Waals surface area contributed by atoms with Gasteiger partial charge in [-0.15, -0.1) is 0 Å². The molecule has 0 aliphatic heterocycles. The summed E-state index contributed by atoms with van der Waals surface area (Å²) in [5.41, 5.74) is 2.83. The fourth-order valence-electron chi connectivity index (χ4n) is 2.42. The van der Waals surface area contributed by atoms with Gasteiger partial charge in [-0.25, -0.2) is 0 Å². The van der Waals surface area contributed by atoms with Gasteiger partial charge in [0.25, 0.3) is 5.91 Å². The topological polar surface area (TPSA) is 67.6 Å². The number of hydrogen-bond acceptors (Lipinski definition) is 4. The minimum atomic E-state index is -1.20. The highest BCUT2D eigenvalue weighted by Crippen LogP contribution is 2.16. The quantitative estimate of drug-likeness (QED) is 0.842. The van der Waals surface area contributed by atoms with Crippen molar-refractivity contribution >= 4 is 5.91 Å². The molecule has 0 saturated carbocycles. The van der Waals surface area contributed by atoms with Crippen molar-refractivity contribution in [3.63, 3.8) is 0 Å². The second kappa shape index (κ2) is 7.97. The van der Waals surface area contributed by atoms with Crippen molar-refractivity contribution in [2.45, 2.75) is 40.0 Å². The van der Waals surface area contributed by atoms with Crippen molar-refractivity contribution in [2.24, 2.45) is 0 Å². The third kappa shape index (κ3) is 4.35. The fraction of sp³-hybridized carbons (Fsp3) is 0.444. The SMILES string of the molecule is CCn1cc(CN(C)C(=O)C(O)COc2ccccc2C)c(C)n1. The molecule has 0 bridgehead atoms. The predicted molar refractivity (Wildman–Crippen MR) is 91.8 cm³/mol. The van der Waals surface area contributed by atoms with Gasteiger partial charge < -0.3 is 14.7 Å². The van der Waals surface area contributed by atoms with Crippen LogP contribution in [0.15, 0.2) is 30.5 Å². The summed E-state index contributed by atoms with van der Waals surface area (Å²) in [4.78, 5) is 13.8. The number of carbonyl (C=O) groups excluding carboxylic acids is 1. The van der Waals surface area contributed by atoms with E-state index in [0.717, 1.165) is 23.4 Å². The molecule has 1 aromatic heterocycles. The van der Waals surface area contributed by atoms with Gasteiger partial charge in [0, 0.05) is 31.9 Å². The number of benzene rings is 1. The van der Waals surface area contributed by atoms with E-state index in [0.29, 0.717) is 12.3 Å². The van der Waals surface area contributed by atoms with Gasteiger partial charge in [0.2, 0.25) is 0 Å². The van der Waals surface area contributed by atoms with E-state index >= 15 is 0 Å². The zero-order valence-corrected chi connectivity index (χ0v) is 14.7. The summed E-state index contributed by atoms with van der Waals surface area (Å²) in [6, 6.07) is 7.51. The Hall–Kier alpha value is -2.34. The highest BCUT2D eigenvalue weighted by Gasteiger charge is 2.21. The van der Waals surface area contributed by atoms with E-state index < -0.39 is 6.10 Å². The molecule has 0 aliphatic rings. The lowest BCUT2D eigenvalue weighted by molar-refractivity contribution is -0.140. The molecular weight excluding hydrogens is 306 g/mol. The minimum absolute atomic E-state index is 0.0682. The number of aryl methyl sites for hydroxylation is 3. The monoisotopic (exact) mass is 331 g/mol. The van der Waals surface area contributed by atoms with Crippen LogP contribution in [0.2, 0.25) is 0 Å². The van der Waals surface area contributed by atoms with Crippen LogP contribution in [-0.2, 0) is 17.9 Å². The molecule has 6 heteroatoms. The van der Waals surface area contributed by atoms with E-state index in [1.807, 2.05) is 55.9 Å². The van der Waals surface area contributed by atoms with Crippen molar-refractivity contribution < 1.29 is 14.6 Å². The summed E-state index contributed by atoms with van der Waals surface area (Å²) in [7, 11) is 1.67. The summed E-state index contributed by atoms with van der Waals surface area (Å²) in [6.07, 6.45) is 0.728. The number of nitrogens with zero attached hydrogens (tertiary/aromatic N) is 3. The molecule has 1 atom stereocenters. The first-order valence-corrected chi connectivity index (χ1v) is 8.06. The number of rotatable bonds is 7. The van der Waals surface area contributed by atoms with Crippen molar-refractivity contribution in [1.82, 2.24) is 14.7 Å². The van der Waals surface area contributed by atoms with Crippen LogP contribution in [0.1, 0.15) is 23.7 Å². The van der Waals surface area contributed by atoms with Crippen molar-refractivity contribution in [3.8, 4) is 5.75 Å². The number of hydrogen-bond donors (Lipinski definition) is 1. The molecule has 24 heavy (non-hydrogen) atoms. The zero-order valence-electron chi connectivity index (χ0n) is 14.7. The molecule has 0 aliphatic carbocycles. The summed E-state index contributed by atoms with van der Waals surface area (Å²) in [6.45, 7) is 6.97. The highest BCUT2D eigenvalue weighted by atomic mass is 16.5. The van der Waals surface area contributed by atoms with Crippen LogP contribution >= 0.6 is 0 Å². The maximum Gasteiger partial charge on any atom is 0.255 e. The molecule has 0 radical (unpaired) electrons. The molecule has 0 fully saturated rings. The third-order valence-corrected chi connectivity index (χ3v) is 3.93. The first kappa shape index (κ1) is 18.0. The highest BCUT2D eigenvalue weighted by molar-refractivity contribution is 5.80. The number of aromatic nitrogens is 2. The second-order valence-electron chi connectivity index (χ2n) is 5.88. The average molecular weight is 331 g/mol. The molecule has 6 nitrogen and oxygen atoms in total. The van der Waals surface area contributed by atoms with E-state index in [-0.39, 0.29) is 12.5 Å². The van der Waals surface area contributed by atoms with Gasteiger partial charge in [0.15, 0.2) is 6.10 Å². The Morgan fingerprint density at radius 3 is 2.71 bits per heavy atom. The average Bonchev–Trinajstić information content (AvgIpc) is 2.93. The molecule has 1 amide bonds. The molecule has 2 aromatic rings. The third-order valence-electron chi connectivity index (χ3n) is 3.93. The van der Waals surface area contributed by atoms with Crippen LogP contribution in [0.4, 0.5) is 0 Å². The molecular formula is C18H25N3O3. The van der Waals surface area contributed by atoms with Crippen molar-refractivity contribution in [2.75, 3.05) is 13.7 Å². The Morgan fingerprint density at radius 2 is 2.08 bits per heavy atom. The van der Waals surface area contributed by atoms with Crippen LogP contribution < -0.4 is 4.74 Å². The van der Waals surface area contributed by atoms with E-state index in [4.69, 9.17) is 4.74 Å². The van der Waals surface area contributed by atoms with Gasteiger partial charge in [0.05, 0.1) is 5.69 Å². The van der Waals surface area contributed by atoms with E-state index in [1.54, 1.807) is 7.05 Å². The molecule has 130 valence electrons. The van der Waals surface area contributed by atoms with Crippen LogP contribution in [0.5, 0.6) is 5.75 Å². The Morgan fingerprint density at radius 1 is 1.38 bits per heavy atom. The summed E-state index contributed by atoms with van der Waals surface area (Å²) >= 11 is 0. The molecule has 1 aromatic carbocycles. The number of likely N-dealkylation sites (N-methyl/N-ethyl adjacent to an activating group) is 1. The second-order valence-corrected chi connectivity index (χ2v) is 5.88. The summed E-state index contributed by atoms with van der Waals surface area (Å²) in [5, 5.41) is 14.5. The molecule has 1 N–H and O–H groups in total. The van der Waals surface area contributed by atoms with Crippen molar-refractivity contribution in [1.29, 1.82) is 0 Å². The van der Waals surface area contributed by atoms with Gasteiger partial charge in [-0.1, -0.05) is 18.2 Å². The Bertz CT molecular complexity index is 697. The smallest absolute Gasteiger partial charge is 0.255 e. The Balaban J connectivity index is 1.92. The lowest BCUT2D eigenvalue weighted by Crippen LogP contribution is -2.39. The van der Waals surface area contributed by atoms with Gasteiger partial charge in [-0.2, -0.15) is 5.10 Å². The standard InChI is InChI=1S/C18H25N3O3/c1-5-21-11-15(14(3)19-21)10-20(4)18(23)16(22)12-24-17-9-7-6-8-13(17)2/h6-9,11,16,22H,5,10,12H2,1-4H3. The predicted octanol–water partition coefficient (Wildman–Crippen LogP) is 1.92. The molecule has 0 saturated heterocycles. The van der Waals surface area contributed by atoms with Gasteiger partial charge in [-0.05, 0) is 32.4 Å². The van der Waals surface area contributed by atoms with Crippen LogP contribution in [0, 0.1) is 13.8 Å². The van der Waals surface area contributed by atoms with E-state index in [2.05, 4.69) is 5.10 Å². The fourth-order valence-corrected chi connectivity index (χ4v) is 2.42. The number of carbonyl (C=O) groups is 1. The van der Waals surface area contributed by atoms with Crippen molar-refractivity contribution in [3.05, 3.63) is 47.3 Å². The van der Waals surface area contributed by atoms with E-state index in [9.17, 15) is 9.90 Å². The lowest BCUT2D eigenvalue weighted by atomic mass is 10.2. The van der Waals surface area contributed by atoms with Crippen LogP contribution in [0.3, 0.4) is 0 Å². The van der Waals surface area contributed by atoms with Crippen LogP contribution in [0.25, 0.3) is 0 Å². The van der Waals surface area contributed by atoms with Gasteiger partial charge >= 0.3 is 0 Å². The van der Waals surface area contributed by atoms with E-state index in [1.165, 1.54) is 4.90 Å². The number of amides is 1. The first-order valence-electron chi connectivity index (χ1n) is 8.06. The number of ether oxygens (including phenoxy) is 1. The summed E-state index contributed by atoms with van der Waals surface area (Å²) < 4.78 is 7.39. The normalized spacial score (nSPS) is 12.0. The lowest BCUT2D eigenvalue weighted by Gasteiger charge is -2.21. The minimum Gasteiger partial charge on any atom is -0.490 e. The molecule has 1 heterocycles. The first-order chi connectivity index (χ1) is 11.4. The molecule has 0 spiro atoms. The number of aliphatic hydroxyl groups is 1. The molecule has 2 rings (SSSR count). The van der Waals surface area contributed by atoms with Crippen LogP contribution in [-0.4, -0.2) is 45.5 Å². The van der Waals surface area contributed by atoms with Gasteiger partial charge in [0.1, 0.15) is 12.4 Å². The van der Waals surface area contributed by atoms with Gasteiger partial charge in [-0.3, -0.25) is 9.48 Å². The maximum atomic E-state index is 12.3.